The molecule has 1 aliphatic carbocycles. The van der Waals surface area contributed by atoms with Crippen LogP contribution < -0.4 is 0 Å². The van der Waals surface area contributed by atoms with E-state index in [1.54, 1.807) is 7.11 Å². The zero-order valence-electron chi connectivity index (χ0n) is 9.92. The molecule has 0 aromatic heterocycles. The molecule has 15 heavy (non-hydrogen) atoms. The summed E-state index contributed by atoms with van der Waals surface area (Å²) in [5.41, 5.74) is 3.78. The van der Waals surface area contributed by atoms with E-state index < -0.39 is 6.17 Å². The third-order valence-corrected chi connectivity index (χ3v) is 3.41. The zero-order valence-corrected chi connectivity index (χ0v) is 9.92. The van der Waals surface area contributed by atoms with Crippen molar-refractivity contribution in [2.45, 2.75) is 45.4 Å². The van der Waals surface area contributed by atoms with Crippen molar-refractivity contribution in [3.8, 4) is 0 Å². The van der Waals surface area contributed by atoms with Gasteiger partial charge in [0.15, 0.2) is 0 Å². The van der Waals surface area contributed by atoms with Crippen LogP contribution in [-0.4, -0.2) is 19.4 Å². The Morgan fingerprint density at radius 3 is 2.60 bits per heavy atom. The summed E-state index contributed by atoms with van der Waals surface area (Å²) in [7, 11) is 1.67. The molecule has 3 unspecified atom stereocenters. The highest BCUT2D eigenvalue weighted by Crippen LogP contribution is 2.34. The van der Waals surface area contributed by atoms with Crippen LogP contribution in [0.4, 0.5) is 4.39 Å². The Morgan fingerprint density at radius 1 is 1.40 bits per heavy atom. The van der Waals surface area contributed by atoms with E-state index in [1.807, 2.05) is 6.92 Å². The van der Waals surface area contributed by atoms with Gasteiger partial charge in [0.25, 0.3) is 0 Å². The van der Waals surface area contributed by atoms with Gasteiger partial charge < -0.3 is 4.74 Å². The van der Waals surface area contributed by atoms with Crippen molar-refractivity contribution in [3.05, 3.63) is 17.9 Å². The van der Waals surface area contributed by atoms with Crippen molar-refractivity contribution < 1.29 is 9.13 Å². The third kappa shape index (κ3) is 3.19. The predicted molar refractivity (Wildman–Crippen MR) is 60.5 cm³/mol. The lowest BCUT2D eigenvalue weighted by Gasteiger charge is -2.19. The number of ether oxygens (including phenoxy) is 1. The first-order valence-electron chi connectivity index (χ1n) is 5.61. The summed E-state index contributed by atoms with van der Waals surface area (Å²) in [6.45, 7) is 7.69. The van der Waals surface area contributed by atoms with E-state index in [0.29, 0.717) is 12.3 Å². The number of methoxy groups -OCH3 is 1. The molecule has 1 saturated carbocycles. The monoisotopic (exact) mass is 212 g/mol. The highest BCUT2D eigenvalue weighted by Gasteiger charge is 2.32. The average Bonchev–Trinajstić information content (AvgIpc) is 2.36. The zero-order chi connectivity index (χ0) is 11.4. The van der Waals surface area contributed by atoms with Gasteiger partial charge in [-0.25, -0.2) is 4.39 Å². The van der Waals surface area contributed by atoms with Crippen molar-refractivity contribution in [1.29, 1.82) is 0 Å². The topological polar surface area (TPSA) is 9.23 Å². The Kier molecular flexibility index (Phi) is 4.56. The summed E-state index contributed by atoms with van der Waals surface area (Å²) in [6.07, 6.45) is 1.60. The van der Waals surface area contributed by atoms with E-state index in [9.17, 15) is 4.39 Å². The first-order chi connectivity index (χ1) is 7.08. The minimum absolute atomic E-state index is 0.0161. The maximum absolute atomic E-state index is 14.0. The van der Waals surface area contributed by atoms with Gasteiger partial charge >= 0.3 is 0 Å². The van der Waals surface area contributed by atoms with Crippen molar-refractivity contribution >= 4 is 0 Å². The summed E-state index contributed by atoms with van der Waals surface area (Å²) in [5, 5.41) is 0. The number of allylic oxidation sites excluding steroid dienone is 1. The minimum atomic E-state index is -0.811. The molecule has 1 aliphatic rings. The smallest absolute Gasteiger partial charge is 0.110 e. The SMILES string of the molecule is C=C=C(C)C1CC(C)CC(OC)C[C@H]1F. The number of alkyl halides is 1. The van der Waals surface area contributed by atoms with Gasteiger partial charge in [-0.3, -0.25) is 0 Å². The summed E-state index contributed by atoms with van der Waals surface area (Å²) in [6, 6.07) is 0. The van der Waals surface area contributed by atoms with Crippen LogP contribution in [0.5, 0.6) is 0 Å². The molecule has 0 aromatic rings. The molecule has 0 spiro atoms. The number of hydrogen-bond donors (Lipinski definition) is 0. The number of rotatable bonds is 2. The normalized spacial score (nSPS) is 36.8. The van der Waals surface area contributed by atoms with Crippen molar-refractivity contribution in [2.24, 2.45) is 11.8 Å². The van der Waals surface area contributed by atoms with Gasteiger partial charge in [0, 0.05) is 19.4 Å². The summed E-state index contributed by atoms with van der Waals surface area (Å²) < 4.78 is 19.3. The molecule has 1 fully saturated rings. The van der Waals surface area contributed by atoms with Crippen LogP contribution in [-0.2, 0) is 4.74 Å². The molecular weight excluding hydrogens is 191 g/mol. The summed E-state index contributed by atoms with van der Waals surface area (Å²) in [5.74, 6) is 0.488. The molecule has 0 saturated heterocycles. The Bertz CT molecular complexity index is 255. The molecule has 0 bridgehead atoms. The second-order valence-corrected chi connectivity index (χ2v) is 4.65. The lowest BCUT2D eigenvalue weighted by Crippen LogP contribution is -2.20. The molecule has 0 amide bonds. The summed E-state index contributed by atoms with van der Waals surface area (Å²) in [4.78, 5) is 0. The molecular formula is C13H21FO. The maximum Gasteiger partial charge on any atom is 0.110 e. The van der Waals surface area contributed by atoms with Crippen molar-refractivity contribution in [3.63, 3.8) is 0 Å². The molecule has 4 atom stereocenters. The average molecular weight is 212 g/mol. The second-order valence-electron chi connectivity index (χ2n) is 4.65. The van der Waals surface area contributed by atoms with Crippen molar-refractivity contribution in [1.82, 2.24) is 0 Å². The molecule has 2 heteroatoms. The molecule has 1 rings (SSSR count). The van der Waals surface area contributed by atoms with E-state index in [1.165, 1.54) is 0 Å². The maximum atomic E-state index is 14.0. The molecule has 1 nitrogen and oxygen atoms in total. The van der Waals surface area contributed by atoms with E-state index in [2.05, 4.69) is 19.2 Å². The van der Waals surface area contributed by atoms with Gasteiger partial charge in [0.1, 0.15) is 6.17 Å². The number of halogens is 1. The first kappa shape index (κ1) is 12.5. The van der Waals surface area contributed by atoms with Gasteiger partial charge in [-0.05, 0) is 31.3 Å². The Morgan fingerprint density at radius 2 is 2.07 bits per heavy atom. The van der Waals surface area contributed by atoms with Crippen LogP contribution in [0.15, 0.2) is 17.9 Å². The fourth-order valence-electron chi connectivity index (χ4n) is 2.41. The van der Waals surface area contributed by atoms with Crippen LogP contribution in [0, 0.1) is 11.8 Å². The minimum Gasteiger partial charge on any atom is -0.381 e. The van der Waals surface area contributed by atoms with E-state index in [4.69, 9.17) is 4.74 Å². The van der Waals surface area contributed by atoms with Crippen LogP contribution in [0.3, 0.4) is 0 Å². The molecule has 86 valence electrons. The molecule has 0 radical (unpaired) electrons. The molecule has 0 heterocycles. The van der Waals surface area contributed by atoms with Crippen LogP contribution in [0.25, 0.3) is 0 Å². The standard InChI is InChI=1S/C13H21FO/c1-5-10(3)12-7-9(2)6-11(15-4)8-13(12)14/h9,11-13H,1,6-8H2,2-4H3/t9?,11?,12?,13-/m1/s1. The fourth-order valence-corrected chi connectivity index (χ4v) is 2.41. The highest BCUT2D eigenvalue weighted by atomic mass is 19.1. The fraction of sp³-hybridized carbons (Fsp3) is 0.769. The van der Waals surface area contributed by atoms with E-state index >= 15 is 0 Å². The quantitative estimate of drug-likeness (QED) is 0.503. The van der Waals surface area contributed by atoms with Gasteiger partial charge in [0.2, 0.25) is 0 Å². The predicted octanol–water partition coefficient (Wildman–Crippen LogP) is 3.51. The molecule has 0 aliphatic heterocycles. The Hall–Kier alpha value is -0.590. The lowest BCUT2D eigenvalue weighted by atomic mass is 9.88. The van der Waals surface area contributed by atoms with E-state index in [-0.39, 0.29) is 12.0 Å². The summed E-state index contributed by atoms with van der Waals surface area (Å²) >= 11 is 0. The Balaban J connectivity index is 2.78. The van der Waals surface area contributed by atoms with Gasteiger partial charge in [0.05, 0.1) is 6.10 Å². The Labute approximate surface area is 92.0 Å². The van der Waals surface area contributed by atoms with Crippen LogP contribution in [0.1, 0.15) is 33.1 Å². The first-order valence-corrected chi connectivity index (χ1v) is 5.61. The van der Waals surface area contributed by atoms with Crippen LogP contribution in [0.2, 0.25) is 0 Å². The highest BCUT2D eigenvalue weighted by molar-refractivity contribution is 5.05. The lowest BCUT2D eigenvalue weighted by molar-refractivity contribution is 0.0628. The second kappa shape index (κ2) is 5.48. The van der Waals surface area contributed by atoms with E-state index in [0.717, 1.165) is 18.4 Å². The third-order valence-electron chi connectivity index (χ3n) is 3.41. The van der Waals surface area contributed by atoms with Gasteiger partial charge in [-0.1, -0.05) is 13.5 Å². The largest absolute Gasteiger partial charge is 0.381 e. The van der Waals surface area contributed by atoms with Gasteiger partial charge in [-0.2, -0.15) is 0 Å². The van der Waals surface area contributed by atoms with Gasteiger partial charge in [-0.15, -0.1) is 5.73 Å². The van der Waals surface area contributed by atoms with Crippen LogP contribution >= 0.6 is 0 Å². The van der Waals surface area contributed by atoms with Crippen molar-refractivity contribution in [2.75, 3.05) is 7.11 Å². The number of hydrogen-bond acceptors (Lipinski definition) is 1. The molecule has 0 N–H and O–H groups in total. The molecule has 0 aromatic carbocycles.